The van der Waals surface area contributed by atoms with E-state index in [4.69, 9.17) is 15.9 Å². The highest BCUT2D eigenvalue weighted by Crippen LogP contribution is 2.11. The fourth-order valence-corrected chi connectivity index (χ4v) is 2.42. The number of aliphatic carboxylic acids is 2. The van der Waals surface area contributed by atoms with Gasteiger partial charge in [-0.1, -0.05) is 12.1 Å². The maximum Gasteiger partial charge on any atom is 0.325 e. The second-order valence-corrected chi connectivity index (χ2v) is 6.93. The molecule has 0 spiro atoms. The molecule has 8 N–H and O–H groups in total. The zero-order valence-corrected chi connectivity index (χ0v) is 17.0. The van der Waals surface area contributed by atoms with Gasteiger partial charge in [0.1, 0.15) is 23.9 Å². The topological polar surface area (TPSA) is 208 Å². The van der Waals surface area contributed by atoms with E-state index in [-0.39, 0.29) is 12.2 Å². The molecular weight excluding hydrogens is 412 g/mol. The van der Waals surface area contributed by atoms with Gasteiger partial charge in [-0.05, 0) is 38.0 Å². The lowest BCUT2D eigenvalue weighted by Crippen LogP contribution is -2.56. The van der Waals surface area contributed by atoms with Crippen LogP contribution >= 0.6 is 0 Å². The molecule has 31 heavy (non-hydrogen) atoms. The van der Waals surface area contributed by atoms with Crippen molar-refractivity contribution >= 4 is 29.7 Å². The molecule has 3 amide bonds. The molecule has 0 saturated heterocycles. The van der Waals surface area contributed by atoms with Crippen molar-refractivity contribution in [3.63, 3.8) is 0 Å². The van der Waals surface area contributed by atoms with Crippen LogP contribution in [-0.2, 0) is 30.4 Å². The first kappa shape index (κ1) is 25.4. The maximum absolute atomic E-state index is 12.4. The molecule has 0 radical (unpaired) electrons. The largest absolute Gasteiger partial charge is 0.508 e. The highest BCUT2D eigenvalue weighted by atomic mass is 16.4. The maximum atomic E-state index is 12.4. The van der Waals surface area contributed by atoms with Crippen LogP contribution in [0, 0.1) is 0 Å². The summed E-state index contributed by atoms with van der Waals surface area (Å²) in [6.07, 6.45) is -0.692. The van der Waals surface area contributed by atoms with Gasteiger partial charge in [0.15, 0.2) is 0 Å². The summed E-state index contributed by atoms with van der Waals surface area (Å²) in [4.78, 5) is 58.6. The van der Waals surface area contributed by atoms with E-state index in [1.54, 1.807) is 12.1 Å². The number of benzene rings is 1. The molecule has 12 nitrogen and oxygen atoms in total. The zero-order valence-electron chi connectivity index (χ0n) is 17.0. The van der Waals surface area contributed by atoms with Crippen molar-refractivity contribution in [3.05, 3.63) is 29.8 Å². The van der Waals surface area contributed by atoms with Gasteiger partial charge >= 0.3 is 11.9 Å². The van der Waals surface area contributed by atoms with Crippen LogP contribution in [0.25, 0.3) is 0 Å². The number of phenolic OH excluding ortho intramolecular Hbond substituents is 1. The summed E-state index contributed by atoms with van der Waals surface area (Å²) in [6.45, 7) is 2.51. The quantitative estimate of drug-likeness (QED) is 0.210. The number of carboxylic acid groups (broad SMARTS) is 2. The Morgan fingerprint density at radius 1 is 0.871 bits per heavy atom. The van der Waals surface area contributed by atoms with Crippen molar-refractivity contribution in [3.8, 4) is 5.75 Å². The first-order chi connectivity index (χ1) is 14.4. The van der Waals surface area contributed by atoms with Crippen LogP contribution in [0.5, 0.6) is 5.75 Å². The molecule has 1 aromatic carbocycles. The number of phenols is 1. The number of nitrogens with two attached hydrogens (primary N) is 1. The van der Waals surface area contributed by atoms with E-state index < -0.39 is 60.2 Å². The highest BCUT2D eigenvalue weighted by Gasteiger charge is 2.29. The number of hydrogen-bond donors (Lipinski definition) is 7. The van der Waals surface area contributed by atoms with Crippen LogP contribution in [0.1, 0.15) is 25.8 Å². The fraction of sp³-hybridized carbons (Fsp3) is 0.421. The molecule has 4 unspecified atom stereocenters. The SMILES string of the molecule is CC(NC(=O)C(C)NC(=O)C(CC(=O)O)NC(=O)C(N)Cc1ccc(O)cc1)C(=O)O. The fourth-order valence-electron chi connectivity index (χ4n) is 2.42. The number of aromatic hydroxyl groups is 1. The van der Waals surface area contributed by atoms with E-state index in [1.165, 1.54) is 26.0 Å². The molecule has 0 heterocycles. The molecule has 0 fully saturated rings. The minimum atomic E-state index is -1.51. The Bertz CT molecular complexity index is 827. The van der Waals surface area contributed by atoms with Crippen molar-refractivity contribution in [2.75, 3.05) is 0 Å². The van der Waals surface area contributed by atoms with Gasteiger partial charge in [-0.3, -0.25) is 24.0 Å². The summed E-state index contributed by atoms with van der Waals surface area (Å²) in [6, 6.07) is 0.947. The number of hydrogen-bond acceptors (Lipinski definition) is 7. The van der Waals surface area contributed by atoms with Gasteiger partial charge in [0.25, 0.3) is 0 Å². The molecule has 1 rings (SSSR count). The van der Waals surface area contributed by atoms with Gasteiger partial charge in [0.05, 0.1) is 12.5 Å². The van der Waals surface area contributed by atoms with Crippen molar-refractivity contribution in [1.82, 2.24) is 16.0 Å². The lowest BCUT2D eigenvalue weighted by molar-refractivity contribution is -0.142. The highest BCUT2D eigenvalue weighted by molar-refractivity contribution is 5.95. The van der Waals surface area contributed by atoms with Gasteiger partial charge in [0.2, 0.25) is 17.7 Å². The van der Waals surface area contributed by atoms with E-state index in [2.05, 4.69) is 16.0 Å². The smallest absolute Gasteiger partial charge is 0.325 e. The van der Waals surface area contributed by atoms with E-state index in [0.717, 1.165) is 0 Å². The summed E-state index contributed by atoms with van der Waals surface area (Å²) in [5, 5.41) is 33.8. The molecule has 0 aromatic heterocycles. The normalized spacial score (nSPS) is 14.4. The van der Waals surface area contributed by atoms with Gasteiger partial charge in [-0.15, -0.1) is 0 Å². The Kier molecular flexibility index (Phi) is 9.41. The van der Waals surface area contributed by atoms with Crippen molar-refractivity contribution in [1.29, 1.82) is 0 Å². The van der Waals surface area contributed by atoms with Crippen LogP contribution in [0.15, 0.2) is 24.3 Å². The molecule has 4 atom stereocenters. The molecule has 0 aliphatic carbocycles. The molecule has 170 valence electrons. The molecule has 0 aliphatic heterocycles. The average Bonchev–Trinajstić information content (AvgIpc) is 2.68. The first-order valence-corrected chi connectivity index (χ1v) is 9.30. The average molecular weight is 438 g/mol. The van der Waals surface area contributed by atoms with E-state index >= 15 is 0 Å². The number of carbonyl (C=O) groups is 5. The Balaban J connectivity index is 2.75. The number of nitrogens with one attached hydrogen (secondary N) is 3. The Hall–Kier alpha value is -3.67. The third kappa shape index (κ3) is 8.70. The Morgan fingerprint density at radius 3 is 1.94 bits per heavy atom. The minimum Gasteiger partial charge on any atom is -0.508 e. The van der Waals surface area contributed by atoms with Crippen LogP contribution < -0.4 is 21.7 Å². The summed E-state index contributed by atoms with van der Waals surface area (Å²) in [7, 11) is 0. The van der Waals surface area contributed by atoms with Gasteiger partial charge in [-0.25, -0.2) is 0 Å². The summed E-state index contributed by atoms with van der Waals surface area (Å²) in [5.74, 6) is -5.14. The summed E-state index contributed by atoms with van der Waals surface area (Å²) >= 11 is 0. The third-order valence-corrected chi connectivity index (χ3v) is 4.22. The third-order valence-electron chi connectivity index (χ3n) is 4.22. The van der Waals surface area contributed by atoms with Crippen LogP contribution in [0.4, 0.5) is 0 Å². The molecule has 0 aliphatic rings. The molecular formula is C19H26N4O8. The van der Waals surface area contributed by atoms with Crippen molar-refractivity contribution < 1.29 is 39.3 Å². The van der Waals surface area contributed by atoms with Gasteiger partial charge in [0, 0.05) is 0 Å². The van der Waals surface area contributed by atoms with Crippen molar-refractivity contribution in [2.45, 2.75) is 50.9 Å². The Labute approximate surface area is 177 Å². The van der Waals surface area contributed by atoms with Crippen LogP contribution in [0.2, 0.25) is 0 Å². The van der Waals surface area contributed by atoms with Crippen molar-refractivity contribution in [2.24, 2.45) is 5.73 Å². The monoisotopic (exact) mass is 438 g/mol. The number of carbonyl (C=O) groups excluding carboxylic acids is 3. The predicted octanol–water partition coefficient (Wildman–Crippen LogP) is -1.68. The number of rotatable bonds is 11. The predicted molar refractivity (Wildman–Crippen MR) is 107 cm³/mol. The second-order valence-electron chi connectivity index (χ2n) is 6.93. The second kappa shape index (κ2) is 11.5. The van der Waals surface area contributed by atoms with E-state index in [9.17, 15) is 29.1 Å². The minimum absolute atomic E-state index is 0.0378. The number of carboxylic acids is 2. The molecule has 0 saturated carbocycles. The number of amides is 3. The Morgan fingerprint density at radius 2 is 1.42 bits per heavy atom. The lowest BCUT2D eigenvalue weighted by Gasteiger charge is -2.22. The van der Waals surface area contributed by atoms with Gasteiger partial charge in [-0.2, -0.15) is 0 Å². The van der Waals surface area contributed by atoms with E-state index in [0.29, 0.717) is 5.56 Å². The molecule has 0 bridgehead atoms. The van der Waals surface area contributed by atoms with Gasteiger partial charge < -0.3 is 37.0 Å². The zero-order chi connectivity index (χ0) is 23.7. The summed E-state index contributed by atoms with van der Waals surface area (Å²) in [5.41, 5.74) is 6.46. The summed E-state index contributed by atoms with van der Waals surface area (Å²) < 4.78 is 0. The molecule has 12 heteroatoms. The standard InChI is InChI=1S/C19H26N4O8/c1-9(16(27)22-10(2)19(30)31)21-18(29)14(8-15(25)26)23-17(28)13(20)7-11-3-5-12(24)6-4-11/h3-6,9-10,13-14,24H,7-8,20H2,1-2H3,(H,21,29)(H,22,27)(H,23,28)(H,25,26)(H,30,31). The van der Waals surface area contributed by atoms with Crippen LogP contribution in [0.3, 0.4) is 0 Å². The lowest BCUT2D eigenvalue weighted by atomic mass is 10.0. The first-order valence-electron chi connectivity index (χ1n) is 9.30. The molecule has 1 aromatic rings. The van der Waals surface area contributed by atoms with Crippen LogP contribution in [-0.4, -0.2) is 69.1 Å². The van der Waals surface area contributed by atoms with E-state index in [1.807, 2.05) is 0 Å².